The van der Waals surface area contributed by atoms with Crippen molar-refractivity contribution in [1.82, 2.24) is 10.2 Å². The summed E-state index contributed by atoms with van der Waals surface area (Å²) in [5.74, 6) is -1.68. The normalized spacial score (nSPS) is 19.4. The summed E-state index contributed by atoms with van der Waals surface area (Å²) in [6.07, 6.45) is 1.98. The molecule has 138 valence electrons. The molecule has 2 unspecified atom stereocenters. The van der Waals surface area contributed by atoms with Crippen LogP contribution in [0.15, 0.2) is 24.3 Å². The Labute approximate surface area is 148 Å². The molecule has 2 N–H and O–H groups in total. The number of carboxylic acids is 1. The zero-order valence-electron chi connectivity index (χ0n) is 15.1. The number of nitrogens with zero attached hydrogens (tertiary/aromatic N) is 1. The highest BCUT2D eigenvalue weighted by atomic mass is 19.1. The van der Waals surface area contributed by atoms with E-state index in [0.29, 0.717) is 25.8 Å². The summed E-state index contributed by atoms with van der Waals surface area (Å²) in [6, 6.07) is 5.63. The van der Waals surface area contributed by atoms with Gasteiger partial charge in [0.2, 0.25) is 0 Å². The minimum Gasteiger partial charge on any atom is -0.481 e. The summed E-state index contributed by atoms with van der Waals surface area (Å²) >= 11 is 0. The van der Waals surface area contributed by atoms with Crippen LogP contribution in [0, 0.1) is 17.2 Å². The second kappa shape index (κ2) is 7.85. The lowest BCUT2D eigenvalue weighted by molar-refractivity contribution is -0.143. The topological polar surface area (TPSA) is 69.6 Å². The molecule has 1 fully saturated rings. The first-order chi connectivity index (χ1) is 11.7. The molecule has 0 bridgehead atoms. The first-order valence-electron chi connectivity index (χ1n) is 8.69. The number of urea groups is 1. The van der Waals surface area contributed by atoms with Gasteiger partial charge in [0.25, 0.3) is 0 Å². The number of piperidine rings is 1. The molecule has 0 radical (unpaired) electrons. The van der Waals surface area contributed by atoms with Gasteiger partial charge in [-0.1, -0.05) is 32.9 Å². The Morgan fingerprint density at radius 3 is 2.52 bits per heavy atom. The predicted molar refractivity (Wildman–Crippen MR) is 93.7 cm³/mol. The second-order valence-electron chi connectivity index (χ2n) is 7.94. The van der Waals surface area contributed by atoms with Crippen molar-refractivity contribution in [2.24, 2.45) is 11.3 Å². The number of aliphatic carboxylic acids is 1. The van der Waals surface area contributed by atoms with E-state index in [1.807, 2.05) is 0 Å². The molecule has 1 aliphatic rings. The standard InChI is InChI=1S/C19H27FN2O3/c1-19(2,3)11-16(13-6-8-15(20)9-7-13)21-18(25)22-10-4-5-14(12-22)17(23)24/h6-9,14,16H,4-5,10-12H2,1-3H3,(H,21,25)(H,23,24). The third-order valence-electron chi connectivity index (χ3n) is 4.44. The number of amides is 2. The summed E-state index contributed by atoms with van der Waals surface area (Å²) in [4.78, 5) is 25.4. The lowest BCUT2D eigenvalue weighted by Gasteiger charge is -2.34. The number of benzene rings is 1. The van der Waals surface area contributed by atoms with Crippen LogP contribution < -0.4 is 5.32 Å². The van der Waals surface area contributed by atoms with Gasteiger partial charge in [-0.2, -0.15) is 0 Å². The molecule has 25 heavy (non-hydrogen) atoms. The molecule has 0 aromatic heterocycles. The van der Waals surface area contributed by atoms with Crippen LogP contribution in [0.1, 0.15) is 51.6 Å². The zero-order valence-corrected chi connectivity index (χ0v) is 15.1. The molecule has 1 aliphatic heterocycles. The third-order valence-corrected chi connectivity index (χ3v) is 4.44. The fourth-order valence-electron chi connectivity index (χ4n) is 3.16. The van der Waals surface area contributed by atoms with Gasteiger partial charge < -0.3 is 15.3 Å². The Hall–Kier alpha value is -2.11. The van der Waals surface area contributed by atoms with Crippen molar-refractivity contribution in [2.45, 2.75) is 46.1 Å². The van der Waals surface area contributed by atoms with Gasteiger partial charge >= 0.3 is 12.0 Å². The van der Waals surface area contributed by atoms with E-state index in [0.717, 1.165) is 5.56 Å². The SMILES string of the molecule is CC(C)(C)CC(NC(=O)N1CCCC(C(=O)O)C1)c1ccc(F)cc1. The number of rotatable bonds is 4. The molecular weight excluding hydrogens is 323 g/mol. The van der Waals surface area contributed by atoms with Crippen LogP contribution in [0.4, 0.5) is 9.18 Å². The van der Waals surface area contributed by atoms with Gasteiger partial charge in [-0.15, -0.1) is 0 Å². The first-order valence-corrected chi connectivity index (χ1v) is 8.69. The van der Waals surface area contributed by atoms with Crippen LogP contribution in [0.25, 0.3) is 0 Å². The Bertz CT molecular complexity index is 610. The summed E-state index contributed by atoms with van der Waals surface area (Å²) in [5, 5.41) is 12.2. The fraction of sp³-hybridized carbons (Fsp3) is 0.579. The van der Waals surface area contributed by atoms with Gasteiger partial charge in [0.1, 0.15) is 5.82 Å². The van der Waals surface area contributed by atoms with Crippen LogP contribution in [0.2, 0.25) is 0 Å². The van der Waals surface area contributed by atoms with Gasteiger partial charge in [0.15, 0.2) is 0 Å². The van der Waals surface area contributed by atoms with Crippen LogP contribution in [-0.2, 0) is 4.79 Å². The molecular formula is C19H27FN2O3. The number of nitrogens with one attached hydrogen (secondary N) is 1. The Morgan fingerprint density at radius 1 is 1.32 bits per heavy atom. The number of halogens is 1. The summed E-state index contributed by atoms with van der Waals surface area (Å²) in [5.41, 5.74) is 0.814. The van der Waals surface area contributed by atoms with E-state index in [4.69, 9.17) is 0 Å². The number of carbonyl (C=O) groups excluding carboxylic acids is 1. The number of likely N-dealkylation sites (tertiary alicyclic amines) is 1. The van der Waals surface area contributed by atoms with E-state index < -0.39 is 11.9 Å². The number of carboxylic acid groups (broad SMARTS) is 1. The van der Waals surface area contributed by atoms with E-state index >= 15 is 0 Å². The molecule has 1 heterocycles. The minimum absolute atomic E-state index is 0.0299. The smallest absolute Gasteiger partial charge is 0.317 e. The molecule has 6 heteroatoms. The van der Waals surface area contributed by atoms with Crippen molar-refractivity contribution in [3.63, 3.8) is 0 Å². The number of hydrogen-bond acceptors (Lipinski definition) is 2. The maximum absolute atomic E-state index is 13.2. The van der Waals surface area contributed by atoms with Crippen LogP contribution in [-0.4, -0.2) is 35.1 Å². The zero-order chi connectivity index (χ0) is 18.6. The third kappa shape index (κ3) is 5.73. The van der Waals surface area contributed by atoms with Crippen molar-refractivity contribution in [2.75, 3.05) is 13.1 Å². The van der Waals surface area contributed by atoms with E-state index in [2.05, 4.69) is 26.1 Å². The minimum atomic E-state index is -0.859. The molecule has 1 aromatic carbocycles. The first kappa shape index (κ1) is 19.2. The maximum atomic E-state index is 13.2. The van der Waals surface area contributed by atoms with Crippen LogP contribution >= 0.6 is 0 Å². The number of carbonyl (C=O) groups is 2. The quantitative estimate of drug-likeness (QED) is 0.867. The van der Waals surface area contributed by atoms with Gasteiger partial charge in [-0.05, 0) is 42.4 Å². The fourth-order valence-corrected chi connectivity index (χ4v) is 3.16. The lowest BCUT2D eigenvalue weighted by Crippen LogP contribution is -2.48. The Balaban J connectivity index is 2.11. The van der Waals surface area contributed by atoms with Gasteiger partial charge in [-0.3, -0.25) is 4.79 Å². The predicted octanol–water partition coefficient (Wildman–Crippen LogP) is 3.81. The van der Waals surface area contributed by atoms with Gasteiger partial charge in [0.05, 0.1) is 12.0 Å². The maximum Gasteiger partial charge on any atom is 0.317 e. The average Bonchev–Trinajstić information content (AvgIpc) is 2.53. The Kier molecular flexibility index (Phi) is 6.03. The van der Waals surface area contributed by atoms with E-state index in [-0.39, 0.29) is 29.8 Å². The summed E-state index contributed by atoms with van der Waals surface area (Å²) in [6.45, 7) is 7.03. The van der Waals surface area contributed by atoms with Crippen molar-refractivity contribution in [3.8, 4) is 0 Å². The molecule has 1 saturated heterocycles. The van der Waals surface area contributed by atoms with Gasteiger partial charge in [0, 0.05) is 13.1 Å². The molecule has 0 spiro atoms. The molecule has 0 saturated carbocycles. The molecule has 1 aromatic rings. The monoisotopic (exact) mass is 350 g/mol. The van der Waals surface area contributed by atoms with E-state index in [1.165, 1.54) is 12.1 Å². The summed E-state index contributed by atoms with van der Waals surface area (Å²) < 4.78 is 13.2. The molecule has 2 rings (SSSR count). The number of hydrogen-bond donors (Lipinski definition) is 2. The average molecular weight is 350 g/mol. The highest BCUT2D eigenvalue weighted by molar-refractivity contribution is 5.77. The molecule has 0 aliphatic carbocycles. The molecule has 2 atom stereocenters. The largest absolute Gasteiger partial charge is 0.481 e. The van der Waals surface area contributed by atoms with Crippen LogP contribution in [0.5, 0.6) is 0 Å². The van der Waals surface area contributed by atoms with E-state index in [1.54, 1.807) is 17.0 Å². The van der Waals surface area contributed by atoms with Crippen molar-refractivity contribution < 1.29 is 19.1 Å². The molecule has 2 amide bonds. The van der Waals surface area contributed by atoms with Gasteiger partial charge in [-0.25, -0.2) is 9.18 Å². The van der Waals surface area contributed by atoms with E-state index in [9.17, 15) is 19.1 Å². The van der Waals surface area contributed by atoms with Crippen molar-refractivity contribution >= 4 is 12.0 Å². The second-order valence-corrected chi connectivity index (χ2v) is 7.94. The summed E-state index contributed by atoms with van der Waals surface area (Å²) in [7, 11) is 0. The highest BCUT2D eigenvalue weighted by Crippen LogP contribution is 2.30. The lowest BCUT2D eigenvalue weighted by atomic mass is 9.85. The Morgan fingerprint density at radius 2 is 1.96 bits per heavy atom. The van der Waals surface area contributed by atoms with Crippen LogP contribution in [0.3, 0.4) is 0 Å². The highest BCUT2D eigenvalue weighted by Gasteiger charge is 2.30. The van der Waals surface area contributed by atoms with Crippen molar-refractivity contribution in [1.29, 1.82) is 0 Å². The molecule has 5 nitrogen and oxygen atoms in total. The van der Waals surface area contributed by atoms with Crippen molar-refractivity contribution in [3.05, 3.63) is 35.6 Å².